The normalized spacial score (nSPS) is 15.1. The van der Waals surface area contributed by atoms with E-state index < -0.39 is 0 Å². The second-order valence-corrected chi connectivity index (χ2v) is 3.95. The van der Waals surface area contributed by atoms with Gasteiger partial charge in [-0.05, 0) is 12.1 Å². The molecule has 1 aliphatic heterocycles. The highest BCUT2D eigenvalue weighted by Gasteiger charge is 2.13. The van der Waals surface area contributed by atoms with Crippen molar-refractivity contribution < 1.29 is 5.11 Å². The van der Waals surface area contributed by atoms with Crippen LogP contribution in [-0.2, 0) is 0 Å². The van der Waals surface area contributed by atoms with E-state index in [9.17, 15) is 5.11 Å². The fraction of sp³-hybridized carbons (Fsp3) is 0.0769. The molecule has 18 heavy (non-hydrogen) atoms. The second kappa shape index (κ2) is 4.03. The number of rotatable bonds is 2. The Morgan fingerprint density at radius 1 is 1.33 bits per heavy atom. The quantitative estimate of drug-likeness (QED) is 0.754. The molecule has 0 radical (unpaired) electrons. The SMILES string of the molecule is CNc1nc(O)c(/C=C2\C=Nc3ccccc32)[nH]1. The number of nitrogens with one attached hydrogen (secondary N) is 2. The van der Waals surface area contributed by atoms with Gasteiger partial charge in [-0.25, -0.2) is 0 Å². The molecule has 0 bridgehead atoms. The first-order valence-corrected chi connectivity index (χ1v) is 5.60. The van der Waals surface area contributed by atoms with Crippen LogP contribution in [0.3, 0.4) is 0 Å². The number of fused-ring (bicyclic) bond motifs is 1. The third-order valence-electron chi connectivity index (χ3n) is 2.81. The van der Waals surface area contributed by atoms with Crippen molar-refractivity contribution in [3.05, 3.63) is 35.5 Å². The first kappa shape index (κ1) is 10.6. The number of aromatic hydroxyl groups is 1. The van der Waals surface area contributed by atoms with Crippen LogP contribution in [0.25, 0.3) is 11.6 Å². The Bertz CT molecular complexity index is 655. The average Bonchev–Trinajstić information content (AvgIpc) is 2.95. The summed E-state index contributed by atoms with van der Waals surface area (Å²) < 4.78 is 0. The van der Waals surface area contributed by atoms with E-state index in [-0.39, 0.29) is 5.88 Å². The molecule has 2 heterocycles. The summed E-state index contributed by atoms with van der Waals surface area (Å²) in [6.07, 6.45) is 3.61. The Morgan fingerprint density at radius 2 is 2.17 bits per heavy atom. The summed E-state index contributed by atoms with van der Waals surface area (Å²) in [5, 5.41) is 12.5. The van der Waals surface area contributed by atoms with Gasteiger partial charge < -0.3 is 15.4 Å². The number of H-pyrrole nitrogens is 1. The van der Waals surface area contributed by atoms with Crippen molar-refractivity contribution in [1.82, 2.24) is 9.97 Å². The molecule has 0 saturated carbocycles. The molecule has 5 nitrogen and oxygen atoms in total. The van der Waals surface area contributed by atoms with Crippen LogP contribution in [0.1, 0.15) is 11.3 Å². The third kappa shape index (κ3) is 1.66. The zero-order chi connectivity index (χ0) is 12.5. The molecule has 1 aromatic heterocycles. The van der Waals surface area contributed by atoms with Gasteiger partial charge in [0.1, 0.15) is 5.69 Å². The van der Waals surface area contributed by atoms with Crippen LogP contribution in [0.15, 0.2) is 29.3 Å². The van der Waals surface area contributed by atoms with Gasteiger partial charge in [0.15, 0.2) is 0 Å². The predicted molar refractivity (Wildman–Crippen MR) is 72.3 cm³/mol. The van der Waals surface area contributed by atoms with E-state index in [1.165, 1.54) is 0 Å². The molecular formula is C13H12N4O. The van der Waals surface area contributed by atoms with Gasteiger partial charge in [0.2, 0.25) is 11.8 Å². The number of anilines is 1. The Labute approximate surface area is 104 Å². The third-order valence-corrected chi connectivity index (χ3v) is 2.81. The van der Waals surface area contributed by atoms with Gasteiger partial charge in [-0.15, -0.1) is 0 Å². The van der Waals surface area contributed by atoms with Crippen LogP contribution in [0.2, 0.25) is 0 Å². The van der Waals surface area contributed by atoms with Gasteiger partial charge in [-0.1, -0.05) is 18.2 Å². The Hall–Kier alpha value is -2.56. The number of hydrogen-bond donors (Lipinski definition) is 3. The molecule has 0 unspecified atom stereocenters. The monoisotopic (exact) mass is 240 g/mol. The minimum Gasteiger partial charge on any atom is -0.492 e. The lowest BCUT2D eigenvalue weighted by atomic mass is 10.1. The smallest absolute Gasteiger partial charge is 0.238 e. The van der Waals surface area contributed by atoms with Gasteiger partial charge in [0.05, 0.1) is 5.69 Å². The number of hydrogen-bond acceptors (Lipinski definition) is 4. The van der Waals surface area contributed by atoms with Crippen LogP contribution < -0.4 is 5.32 Å². The topological polar surface area (TPSA) is 73.3 Å². The number of aliphatic imine (C=N–C) groups is 1. The highest BCUT2D eigenvalue weighted by atomic mass is 16.3. The lowest BCUT2D eigenvalue weighted by Gasteiger charge is -1.98. The van der Waals surface area contributed by atoms with Crippen molar-refractivity contribution in [3.63, 3.8) is 0 Å². The zero-order valence-electron chi connectivity index (χ0n) is 9.81. The van der Waals surface area contributed by atoms with Crippen LogP contribution >= 0.6 is 0 Å². The molecule has 0 spiro atoms. The molecule has 1 aliphatic rings. The molecule has 0 atom stereocenters. The van der Waals surface area contributed by atoms with Crippen LogP contribution in [0, 0.1) is 0 Å². The van der Waals surface area contributed by atoms with Crippen molar-refractivity contribution in [2.24, 2.45) is 4.99 Å². The molecule has 2 aromatic rings. The van der Waals surface area contributed by atoms with E-state index in [2.05, 4.69) is 20.3 Å². The van der Waals surface area contributed by atoms with Crippen molar-refractivity contribution in [3.8, 4) is 5.88 Å². The Morgan fingerprint density at radius 3 is 2.94 bits per heavy atom. The number of allylic oxidation sites excluding steroid dienone is 1. The average molecular weight is 240 g/mol. The maximum Gasteiger partial charge on any atom is 0.238 e. The maximum atomic E-state index is 9.70. The standard InChI is InChI=1S/C13H12N4O/c1-14-13-16-11(12(18)17-13)6-8-7-15-10-5-3-2-4-9(8)10/h2-7,18H,1H3,(H2,14,16,17)/b8-6+. The van der Waals surface area contributed by atoms with Crippen molar-refractivity contribution in [2.45, 2.75) is 0 Å². The number of imidazole rings is 1. The van der Waals surface area contributed by atoms with E-state index in [0.717, 1.165) is 16.8 Å². The number of aromatic amines is 1. The van der Waals surface area contributed by atoms with Crippen molar-refractivity contribution in [1.29, 1.82) is 0 Å². The first-order valence-electron chi connectivity index (χ1n) is 5.60. The molecule has 0 saturated heterocycles. The number of nitrogens with zero attached hydrogens (tertiary/aromatic N) is 2. The van der Waals surface area contributed by atoms with Crippen molar-refractivity contribution in [2.75, 3.05) is 12.4 Å². The molecular weight excluding hydrogens is 228 g/mol. The molecule has 90 valence electrons. The highest BCUT2D eigenvalue weighted by molar-refractivity contribution is 6.21. The fourth-order valence-corrected chi connectivity index (χ4v) is 1.91. The second-order valence-electron chi connectivity index (χ2n) is 3.95. The number of para-hydroxylation sites is 1. The number of benzene rings is 1. The molecule has 3 N–H and O–H groups in total. The number of aromatic nitrogens is 2. The largest absolute Gasteiger partial charge is 0.492 e. The van der Waals surface area contributed by atoms with Crippen LogP contribution in [0.5, 0.6) is 5.88 Å². The highest BCUT2D eigenvalue weighted by Crippen LogP contribution is 2.33. The van der Waals surface area contributed by atoms with E-state index in [1.54, 1.807) is 13.3 Å². The summed E-state index contributed by atoms with van der Waals surface area (Å²) >= 11 is 0. The molecule has 0 aliphatic carbocycles. The minimum absolute atomic E-state index is 0.0235. The molecule has 3 rings (SSSR count). The summed E-state index contributed by atoms with van der Waals surface area (Å²) in [4.78, 5) is 11.2. The van der Waals surface area contributed by atoms with Gasteiger partial charge >= 0.3 is 0 Å². The van der Waals surface area contributed by atoms with E-state index in [1.807, 2.05) is 30.3 Å². The van der Waals surface area contributed by atoms with E-state index >= 15 is 0 Å². The summed E-state index contributed by atoms with van der Waals surface area (Å²) in [7, 11) is 1.74. The molecule has 0 amide bonds. The van der Waals surface area contributed by atoms with E-state index in [4.69, 9.17) is 0 Å². The van der Waals surface area contributed by atoms with Gasteiger partial charge in [-0.3, -0.25) is 4.99 Å². The zero-order valence-corrected chi connectivity index (χ0v) is 9.81. The van der Waals surface area contributed by atoms with Gasteiger partial charge in [0, 0.05) is 24.4 Å². The lowest BCUT2D eigenvalue weighted by molar-refractivity contribution is 0.455. The summed E-state index contributed by atoms with van der Waals surface area (Å²) in [6, 6.07) is 7.87. The Kier molecular flexibility index (Phi) is 2.37. The molecule has 0 fully saturated rings. The summed E-state index contributed by atoms with van der Waals surface area (Å²) in [5.41, 5.74) is 3.51. The Balaban J connectivity index is 2.03. The summed E-state index contributed by atoms with van der Waals surface area (Å²) in [5.74, 6) is 0.507. The maximum absolute atomic E-state index is 9.70. The van der Waals surface area contributed by atoms with Gasteiger partial charge in [-0.2, -0.15) is 4.98 Å². The minimum atomic E-state index is -0.0235. The molecule has 5 heteroatoms. The van der Waals surface area contributed by atoms with Gasteiger partial charge in [0.25, 0.3) is 0 Å². The predicted octanol–water partition coefficient (Wildman–Crippen LogP) is 2.41. The molecule has 1 aromatic carbocycles. The lowest BCUT2D eigenvalue weighted by Crippen LogP contribution is -1.89. The fourth-order valence-electron chi connectivity index (χ4n) is 1.91. The van der Waals surface area contributed by atoms with Crippen LogP contribution in [0.4, 0.5) is 11.6 Å². The van der Waals surface area contributed by atoms with Crippen molar-refractivity contribution >= 4 is 29.5 Å². The van der Waals surface area contributed by atoms with E-state index in [0.29, 0.717) is 11.6 Å². The van der Waals surface area contributed by atoms with Crippen LogP contribution in [-0.4, -0.2) is 28.3 Å². The first-order chi connectivity index (χ1) is 8.78. The summed E-state index contributed by atoms with van der Waals surface area (Å²) in [6.45, 7) is 0.